The number of hydrogen-bond donors (Lipinski definition) is 2. The van der Waals surface area contributed by atoms with Crippen LogP contribution < -0.4 is 10.6 Å². The van der Waals surface area contributed by atoms with E-state index >= 15 is 0 Å². The maximum Gasteiger partial charge on any atom is 0.258 e. The molecule has 2 aromatic carbocycles. The molecule has 0 aliphatic heterocycles. The van der Waals surface area contributed by atoms with Crippen LogP contribution in [0.25, 0.3) is 10.8 Å². The lowest BCUT2D eigenvalue weighted by molar-refractivity contribution is -0.123. The van der Waals surface area contributed by atoms with Crippen LogP contribution in [-0.2, 0) is 17.6 Å². The number of benzene rings is 2. The maximum absolute atomic E-state index is 13.5. The second-order valence-electron chi connectivity index (χ2n) is 8.95. The van der Waals surface area contributed by atoms with Crippen molar-refractivity contribution in [3.8, 4) is 0 Å². The van der Waals surface area contributed by atoms with Gasteiger partial charge in [0.2, 0.25) is 5.91 Å². The summed E-state index contributed by atoms with van der Waals surface area (Å²) in [5.74, 6) is -0.215. The van der Waals surface area contributed by atoms with Gasteiger partial charge in [-0.3, -0.25) is 9.59 Å². The fourth-order valence-corrected chi connectivity index (χ4v) is 5.16. The molecule has 2 amide bonds. The molecule has 30 heavy (non-hydrogen) atoms. The smallest absolute Gasteiger partial charge is 0.258 e. The molecule has 0 atom stereocenters. The van der Waals surface area contributed by atoms with Gasteiger partial charge in [-0.05, 0) is 42.7 Å². The summed E-state index contributed by atoms with van der Waals surface area (Å²) in [5.41, 5.74) is 2.02. The predicted octanol–water partition coefficient (Wildman–Crippen LogP) is 6.41. The zero-order chi connectivity index (χ0) is 21.3. The highest BCUT2D eigenvalue weighted by atomic mass is 32.1. The number of nitrogens with one attached hydrogen (secondary N) is 2. The zero-order valence-electron chi connectivity index (χ0n) is 17.8. The van der Waals surface area contributed by atoms with Gasteiger partial charge >= 0.3 is 0 Å². The van der Waals surface area contributed by atoms with E-state index in [0.29, 0.717) is 10.6 Å². The van der Waals surface area contributed by atoms with E-state index in [1.807, 2.05) is 63.2 Å². The molecule has 5 heteroatoms. The average molecular weight is 421 g/mol. The lowest BCUT2D eigenvalue weighted by Gasteiger charge is -2.18. The molecule has 0 bridgehead atoms. The summed E-state index contributed by atoms with van der Waals surface area (Å²) in [6.07, 6.45) is 5.24. The Morgan fingerprint density at radius 3 is 2.43 bits per heavy atom. The highest BCUT2D eigenvalue weighted by molar-refractivity contribution is 7.17. The first-order chi connectivity index (χ1) is 14.3. The Hall–Kier alpha value is -2.66. The summed E-state index contributed by atoms with van der Waals surface area (Å²) in [6.45, 7) is 5.66. The van der Waals surface area contributed by atoms with Gasteiger partial charge in [0.05, 0.1) is 5.56 Å². The minimum absolute atomic E-state index is 0.0712. The van der Waals surface area contributed by atoms with Crippen molar-refractivity contribution < 1.29 is 9.59 Å². The van der Waals surface area contributed by atoms with E-state index in [2.05, 4.69) is 10.6 Å². The number of aryl methyl sites for hydroxylation is 1. The molecular formula is C25H28N2O2S. The van der Waals surface area contributed by atoms with Crippen LogP contribution in [0.2, 0.25) is 0 Å². The third-order valence-corrected chi connectivity index (χ3v) is 6.80. The van der Waals surface area contributed by atoms with Gasteiger partial charge in [0.15, 0.2) is 0 Å². The highest BCUT2D eigenvalue weighted by Gasteiger charge is 2.29. The van der Waals surface area contributed by atoms with Gasteiger partial charge in [0, 0.05) is 21.4 Å². The molecule has 0 radical (unpaired) electrons. The third kappa shape index (κ3) is 4.12. The molecule has 4 rings (SSSR count). The second kappa shape index (κ2) is 8.23. The molecule has 4 nitrogen and oxygen atoms in total. The number of carbonyl (C=O) groups is 2. The molecule has 0 fully saturated rings. The monoisotopic (exact) mass is 420 g/mol. The van der Waals surface area contributed by atoms with E-state index in [1.165, 1.54) is 11.3 Å². The van der Waals surface area contributed by atoms with Gasteiger partial charge in [-0.1, -0.05) is 63.6 Å². The molecular weight excluding hydrogens is 392 g/mol. The summed E-state index contributed by atoms with van der Waals surface area (Å²) in [6, 6.07) is 13.9. The molecule has 0 spiro atoms. The van der Waals surface area contributed by atoms with Crippen molar-refractivity contribution in [2.24, 2.45) is 5.41 Å². The van der Waals surface area contributed by atoms with E-state index in [-0.39, 0.29) is 11.8 Å². The van der Waals surface area contributed by atoms with E-state index in [4.69, 9.17) is 0 Å². The molecule has 0 saturated carbocycles. The van der Waals surface area contributed by atoms with E-state index < -0.39 is 5.41 Å². The van der Waals surface area contributed by atoms with Gasteiger partial charge in [-0.2, -0.15) is 0 Å². The second-order valence-corrected chi connectivity index (χ2v) is 10.1. The van der Waals surface area contributed by atoms with Crippen LogP contribution >= 0.6 is 11.3 Å². The van der Waals surface area contributed by atoms with Gasteiger partial charge < -0.3 is 10.6 Å². The number of hydrogen-bond acceptors (Lipinski definition) is 3. The van der Waals surface area contributed by atoms with Crippen molar-refractivity contribution in [3.63, 3.8) is 0 Å². The van der Waals surface area contributed by atoms with Crippen LogP contribution in [0.3, 0.4) is 0 Å². The summed E-state index contributed by atoms with van der Waals surface area (Å²) >= 11 is 1.57. The summed E-state index contributed by atoms with van der Waals surface area (Å²) in [4.78, 5) is 27.4. The number of anilines is 2. The zero-order valence-corrected chi connectivity index (χ0v) is 18.6. The SMILES string of the molecule is CC(C)(C)C(=O)Nc1sc2c(c1C(=O)Nc1cccc3ccccc13)CCCCC2. The van der Waals surface area contributed by atoms with Gasteiger partial charge in [0.1, 0.15) is 5.00 Å². The van der Waals surface area contributed by atoms with E-state index in [1.54, 1.807) is 11.3 Å². The Bertz CT molecular complexity index is 1100. The summed E-state index contributed by atoms with van der Waals surface area (Å²) < 4.78 is 0. The van der Waals surface area contributed by atoms with Crippen molar-refractivity contribution in [2.75, 3.05) is 10.6 Å². The summed E-state index contributed by atoms with van der Waals surface area (Å²) in [7, 11) is 0. The lowest BCUT2D eigenvalue weighted by Crippen LogP contribution is -2.28. The average Bonchev–Trinajstić information content (AvgIpc) is 2.88. The summed E-state index contributed by atoms with van der Waals surface area (Å²) in [5, 5.41) is 8.95. The minimum atomic E-state index is -0.523. The Morgan fingerprint density at radius 2 is 1.63 bits per heavy atom. The molecule has 1 heterocycles. The number of fused-ring (bicyclic) bond motifs is 2. The molecule has 1 aromatic heterocycles. The first-order valence-electron chi connectivity index (χ1n) is 10.6. The predicted molar refractivity (Wildman–Crippen MR) is 126 cm³/mol. The van der Waals surface area contributed by atoms with Gasteiger partial charge in [-0.15, -0.1) is 11.3 Å². The Balaban J connectivity index is 1.73. The number of thiophene rings is 1. The normalized spacial score (nSPS) is 14.1. The molecule has 2 N–H and O–H groups in total. The van der Waals surface area contributed by atoms with Gasteiger partial charge in [-0.25, -0.2) is 0 Å². The van der Waals surface area contributed by atoms with Crippen LogP contribution in [-0.4, -0.2) is 11.8 Å². The van der Waals surface area contributed by atoms with Crippen LogP contribution in [0.4, 0.5) is 10.7 Å². The minimum Gasteiger partial charge on any atom is -0.321 e. The number of rotatable bonds is 3. The lowest BCUT2D eigenvalue weighted by atomic mass is 9.95. The molecule has 0 unspecified atom stereocenters. The van der Waals surface area contributed by atoms with Crippen molar-refractivity contribution in [3.05, 3.63) is 58.5 Å². The van der Waals surface area contributed by atoms with Crippen LogP contribution in [0, 0.1) is 5.41 Å². The largest absolute Gasteiger partial charge is 0.321 e. The van der Waals surface area contributed by atoms with Crippen molar-refractivity contribution in [2.45, 2.75) is 52.9 Å². The van der Waals surface area contributed by atoms with E-state index in [0.717, 1.165) is 47.7 Å². The Labute approximate surface area is 181 Å². The van der Waals surface area contributed by atoms with Gasteiger partial charge in [0.25, 0.3) is 5.91 Å². The van der Waals surface area contributed by atoms with Crippen LogP contribution in [0.5, 0.6) is 0 Å². The molecule has 156 valence electrons. The first-order valence-corrected chi connectivity index (χ1v) is 11.4. The molecule has 3 aromatic rings. The third-order valence-electron chi connectivity index (χ3n) is 5.59. The Morgan fingerprint density at radius 1 is 0.900 bits per heavy atom. The Kier molecular flexibility index (Phi) is 5.65. The number of amides is 2. The molecule has 0 saturated heterocycles. The molecule has 1 aliphatic carbocycles. The first kappa shape index (κ1) is 20.6. The fourth-order valence-electron chi connectivity index (χ4n) is 3.88. The van der Waals surface area contributed by atoms with Crippen molar-refractivity contribution in [1.29, 1.82) is 0 Å². The molecule has 1 aliphatic rings. The van der Waals surface area contributed by atoms with Crippen LogP contribution in [0.15, 0.2) is 42.5 Å². The van der Waals surface area contributed by atoms with Crippen molar-refractivity contribution in [1.82, 2.24) is 0 Å². The fraction of sp³-hybridized carbons (Fsp3) is 0.360. The quantitative estimate of drug-likeness (QED) is 0.481. The van der Waals surface area contributed by atoms with E-state index in [9.17, 15) is 9.59 Å². The maximum atomic E-state index is 13.5. The standard InChI is InChI=1S/C25H28N2O2S/c1-25(2,3)24(29)27-23-21(18-13-5-4-6-15-20(18)30-23)22(28)26-19-14-9-11-16-10-7-8-12-17(16)19/h7-12,14H,4-6,13,15H2,1-3H3,(H,26,28)(H,27,29). The van der Waals surface area contributed by atoms with Crippen LogP contribution in [0.1, 0.15) is 60.8 Å². The van der Waals surface area contributed by atoms with Crippen molar-refractivity contribution >= 4 is 44.6 Å². The topological polar surface area (TPSA) is 58.2 Å². The highest BCUT2D eigenvalue weighted by Crippen LogP contribution is 2.39. The number of carbonyl (C=O) groups excluding carboxylic acids is 2.